The van der Waals surface area contributed by atoms with Crippen molar-refractivity contribution >= 4 is 5.69 Å². The molecule has 0 aromatic heterocycles. The van der Waals surface area contributed by atoms with E-state index in [0.29, 0.717) is 0 Å². The van der Waals surface area contributed by atoms with Gasteiger partial charge in [-0.1, -0.05) is 25.1 Å². The summed E-state index contributed by atoms with van der Waals surface area (Å²) in [7, 11) is 0. The Labute approximate surface area is 117 Å². The Kier molecular flexibility index (Phi) is 4.07. The fraction of sp³-hybridized carbons (Fsp3) is 0.647. The summed E-state index contributed by atoms with van der Waals surface area (Å²) in [5.41, 5.74) is 1.40. The summed E-state index contributed by atoms with van der Waals surface area (Å²) in [6.45, 7) is 7.51. The predicted octanol–water partition coefficient (Wildman–Crippen LogP) is 3.39. The summed E-state index contributed by atoms with van der Waals surface area (Å²) in [6, 6.07) is 11.7. The van der Waals surface area contributed by atoms with Crippen LogP contribution in [0.4, 0.5) is 5.69 Å². The molecule has 0 bridgehead atoms. The number of anilines is 1. The highest BCUT2D eigenvalue weighted by Crippen LogP contribution is 2.25. The molecule has 104 valence electrons. The number of benzene rings is 1. The minimum Gasteiger partial charge on any atom is -0.371 e. The van der Waals surface area contributed by atoms with Gasteiger partial charge in [-0.25, -0.2) is 0 Å². The van der Waals surface area contributed by atoms with Gasteiger partial charge in [0.15, 0.2) is 0 Å². The standard InChI is InChI=1S/C17H26N2/c1-15-7-11-18(12-8-15)17-9-13-19(14-10-17)16-5-3-2-4-6-16/h2-6,15,17H,7-14H2,1H3. The highest BCUT2D eigenvalue weighted by Gasteiger charge is 2.26. The number of hydrogen-bond donors (Lipinski definition) is 0. The molecule has 0 N–H and O–H groups in total. The minimum absolute atomic E-state index is 0.840. The van der Waals surface area contributed by atoms with Crippen LogP contribution in [-0.4, -0.2) is 37.1 Å². The summed E-state index contributed by atoms with van der Waals surface area (Å²) in [5.74, 6) is 0.945. The van der Waals surface area contributed by atoms with E-state index in [0.717, 1.165) is 12.0 Å². The lowest BCUT2D eigenvalue weighted by Crippen LogP contribution is -2.47. The molecule has 1 aromatic rings. The molecule has 0 amide bonds. The summed E-state index contributed by atoms with van der Waals surface area (Å²) in [4.78, 5) is 5.30. The second-order valence-electron chi connectivity index (χ2n) is 6.27. The van der Waals surface area contributed by atoms with Crippen molar-refractivity contribution in [1.29, 1.82) is 0 Å². The van der Waals surface area contributed by atoms with Gasteiger partial charge in [0.05, 0.1) is 0 Å². The number of piperidine rings is 2. The highest BCUT2D eigenvalue weighted by molar-refractivity contribution is 5.46. The quantitative estimate of drug-likeness (QED) is 0.802. The van der Waals surface area contributed by atoms with Crippen molar-refractivity contribution < 1.29 is 0 Å². The number of nitrogens with zero attached hydrogens (tertiary/aromatic N) is 2. The third kappa shape index (κ3) is 3.11. The molecule has 2 fully saturated rings. The third-order valence-corrected chi connectivity index (χ3v) is 4.92. The van der Waals surface area contributed by atoms with Crippen molar-refractivity contribution in [2.45, 2.75) is 38.6 Å². The maximum Gasteiger partial charge on any atom is 0.0366 e. The van der Waals surface area contributed by atoms with Crippen molar-refractivity contribution in [1.82, 2.24) is 4.90 Å². The average Bonchev–Trinajstić information content (AvgIpc) is 2.49. The molecule has 2 heteroatoms. The fourth-order valence-electron chi connectivity index (χ4n) is 3.52. The Hall–Kier alpha value is -1.02. The lowest BCUT2D eigenvalue weighted by atomic mass is 9.95. The molecule has 19 heavy (non-hydrogen) atoms. The lowest BCUT2D eigenvalue weighted by molar-refractivity contribution is 0.120. The zero-order valence-electron chi connectivity index (χ0n) is 12.1. The van der Waals surface area contributed by atoms with Gasteiger partial charge in [-0.2, -0.15) is 0 Å². The summed E-state index contributed by atoms with van der Waals surface area (Å²) < 4.78 is 0. The third-order valence-electron chi connectivity index (χ3n) is 4.92. The summed E-state index contributed by atoms with van der Waals surface area (Å²) in [6.07, 6.45) is 5.48. The van der Waals surface area contributed by atoms with Gasteiger partial charge < -0.3 is 9.80 Å². The maximum absolute atomic E-state index is 2.75. The summed E-state index contributed by atoms with van der Waals surface area (Å²) in [5, 5.41) is 0. The Morgan fingerprint density at radius 3 is 2.11 bits per heavy atom. The molecule has 1 aromatic carbocycles. The van der Waals surface area contributed by atoms with Crippen LogP contribution in [0.1, 0.15) is 32.6 Å². The smallest absolute Gasteiger partial charge is 0.0366 e. The van der Waals surface area contributed by atoms with Gasteiger partial charge in [0, 0.05) is 24.8 Å². The van der Waals surface area contributed by atoms with Gasteiger partial charge in [-0.15, -0.1) is 0 Å². The van der Waals surface area contributed by atoms with Gasteiger partial charge in [-0.05, 0) is 56.8 Å². The van der Waals surface area contributed by atoms with E-state index in [1.807, 2.05) is 0 Å². The van der Waals surface area contributed by atoms with Crippen molar-refractivity contribution in [2.24, 2.45) is 5.92 Å². The molecule has 0 aliphatic carbocycles. The van der Waals surface area contributed by atoms with Crippen LogP contribution in [0.3, 0.4) is 0 Å². The van der Waals surface area contributed by atoms with Gasteiger partial charge in [0.25, 0.3) is 0 Å². The van der Waals surface area contributed by atoms with E-state index < -0.39 is 0 Å². The largest absolute Gasteiger partial charge is 0.371 e. The summed E-state index contributed by atoms with van der Waals surface area (Å²) >= 11 is 0. The van der Waals surface area contributed by atoms with Crippen LogP contribution in [0, 0.1) is 5.92 Å². The average molecular weight is 258 g/mol. The van der Waals surface area contributed by atoms with Gasteiger partial charge in [0.2, 0.25) is 0 Å². The van der Waals surface area contributed by atoms with Gasteiger partial charge in [0.1, 0.15) is 0 Å². The second-order valence-corrected chi connectivity index (χ2v) is 6.27. The van der Waals surface area contributed by atoms with Crippen LogP contribution in [0.2, 0.25) is 0 Å². The molecule has 2 heterocycles. The minimum atomic E-state index is 0.840. The molecule has 0 unspecified atom stereocenters. The number of hydrogen-bond acceptors (Lipinski definition) is 2. The second kappa shape index (κ2) is 5.96. The molecule has 0 saturated carbocycles. The van der Waals surface area contributed by atoms with Gasteiger partial charge in [-0.3, -0.25) is 0 Å². The molecule has 0 radical (unpaired) electrons. The first-order chi connectivity index (χ1) is 9.33. The van der Waals surface area contributed by atoms with E-state index in [1.165, 1.54) is 57.5 Å². The van der Waals surface area contributed by atoms with E-state index in [9.17, 15) is 0 Å². The normalized spacial score (nSPS) is 23.7. The number of para-hydroxylation sites is 1. The van der Waals surface area contributed by atoms with Crippen LogP contribution >= 0.6 is 0 Å². The Balaban J connectivity index is 1.52. The maximum atomic E-state index is 2.75. The number of rotatable bonds is 2. The van der Waals surface area contributed by atoms with Gasteiger partial charge >= 0.3 is 0 Å². The van der Waals surface area contributed by atoms with Crippen molar-refractivity contribution in [2.75, 3.05) is 31.1 Å². The van der Waals surface area contributed by atoms with Crippen molar-refractivity contribution in [3.05, 3.63) is 30.3 Å². The van der Waals surface area contributed by atoms with Crippen LogP contribution < -0.4 is 4.90 Å². The van der Waals surface area contributed by atoms with Crippen molar-refractivity contribution in [3.63, 3.8) is 0 Å². The van der Waals surface area contributed by atoms with E-state index in [-0.39, 0.29) is 0 Å². The van der Waals surface area contributed by atoms with E-state index in [2.05, 4.69) is 47.1 Å². The molecule has 3 rings (SSSR count). The first-order valence-electron chi connectivity index (χ1n) is 7.87. The SMILES string of the molecule is CC1CCN(C2CCN(c3ccccc3)CC2)CC1. The molecule has 2 aliphatic heterocycles. The zero-order valence-corrected chi connectivity index (χ0v) is 12.1. The van der Waals surface area contributed by atoms with E-state index in [4.69, 9.17) is 0 Å². The highest BCUT2D eigenvalue weighted by atomic mass is 15.2. The Morgan fingerprint density at radius 1 is 0.842 bits per heavy atom. The first-order valence-corrected chi connectivity index (χ1v) is 7.87. The van der Waals surface area contributed by atoms with E-state index in [1.54, 1.807) is 0 Å². The van der Waals surface area contributed by atoms with Crippen LogP contribution in [-0.2, 0) is 0 Å². The zero-order chi connectivity index (χ0) is 13.1. The fourth-order valence-corrected chi connectivity index (χ4v) is 3.52. The molecule has 2 nitrogen and oxygen atoms in total. The molecule has 0 spiro atoms. The van der Waals surface area contributed by atoms with Crippen molar-refractivity contribution in [3.8, 4) is 0 Å². The molecular formula is C17H26N2. The van der Waals surface area contributed by atoms with Crippen LogP contribution in [0.15, 0.2) is 30.3 Å². The monoisotopic (exact) mass is 258 g/mol. The topological polar surface area (TPSA) is 6.48 Å². The molecule has 2 aliphatic rings. The lowest BCUT2D eigenvalue weighted by Gasteiger charge is -2.42. The predicted molar refractivity (Wildman–Crippen MR) is 81.6 cm³/mol. The molecule has 0 atom stereocenters. The first kappa shape index (κ1) is 13.0. The Bertz CT molecular complexity index is 374. The number of likely N-dealkylation sites (tertiary alicyclic amines) is 1. The van der Waals surface area contributed by atoms with Crippen LogP contribution in [0.5, 0.6) is 0 Å². The molecular weight excluding hydrogens is 232 g/mol. The van der Waals surface area contributed by atoms with E-state index >= 15 is 0 Å². The van der Waals surface area contributed by atoms with Crippen LogP contribution in [0.25, 0.3) is 0 Å². The molecule has 2 saturated heterocycles. The Morgan fingerprint density at radius 2 is 1.47 bits per heavy atom.